The summed E-state index contributed by atoms with van der Waals surface area (Å²) in [6, 6.07) is 1.83. The van der Waals surface area contributed by atoms with Gasteiger partial charge in [0.05, 0.1) is 23.0 Å². The molecule has 5 nitrogen and oxygen atoms in total. The highest BCUT2D eigenvalue weighted by molar-refractivity contribution is 6.61. The van der Waals surface area contributed by atoms with E-state index >= 15 is 0 Å². The van der Waals surface area contributed by atoms with Crippen molar-refractivity contribution in [2.45, 2.75) is 45.8 Å². The molecule has 0 bridgehead atoms. The first-order valence-electron chi connectivity index (χ1n) is 6.37. The molecule has 2 aromatic rings. The van der Waals surface area contributed by atoms with Crippen LogP contribution in [0.4, 0.5) is 0 Å². The zero-order valence-electron chi connectivity index (χ0n) is 11.9. The van der Waals surface area contributed by atoms with Gasteiger partial charge in [0.2, 0.25) is 0 Å². The van der Waals surface area contributed by atoms with Crippen molar-refractivity contribution < 1.29 is 13.7 Å². The number of hydrogen-bond acceptors (Lipinski definition) is 5. The Morgan fingerprint density at radius 3 is 2.37 bits per heavy atom. The summed E-state index contributed by atoms with van der Waals surface area (Å²) in [5.41, 5.74) is 1.43. The number of fused-ring (bicyclic) bond motifs is 1. The minimum absolute atomic E-state index is 0.369. The Bertz CT molecular complexity index is 620. The summed E-state index contributed by atoms with van der Waals surface area (Å²) in [5, 5.41) is 0. The van der Waals surface area contributed by atoms with E-state index in [9.17, 15) is 0 Å². The van der Waals surface area contributed by atoms with Crippen LogP contribution in [-0.2, 0) is 9.31 Å². The van der Waals surface area contributed by atoms with Crippen molar-refractivity contribution in [2.24, 2.45) is 0 Å². The van der Waals surface area contributed by atoms with Gasteiger partial charge in [-0.25, -0.2) is 4.98 Å². The van der Waals surface area contributed by atoms with Gasteiger partial charge in [0.25, 0.3) is 0 Å². The van der Waals surface area contributed by atoms with Gasteiger partial charge in [-0.15, -0.1) is 0 Å². The zero-order chi connectivity index (χ0) is 13.8. The van der Waals surface area contributed by atoms with E-state index in [2.05, 4.69) is 9.97 Å². The van der Waals surface area contributed by atoms with Crippen LogP contribution in [0.25, 0.3) is 11.1 Å². The fourth-order valence-corrected chi connectivity index (χ4v) is 2.05. The van der Waals surface area contributed by atoms with Crippen LogP contribution in [0.1, 0.15) is 33.6 Å². The SMILES string of the molecule is Cc1nc2cnc(B3OC(C)(C)C(C)(C)O3)cc2o1. The molecule has 1 aliphatic heterocycles. The normalized spacial score (nSPS) is 21.2. The number of aromatic nitrogens is 2. The molecular weight excluding hydrogens is 243 g/mol. The summed E-state index contributed by atoms with van der Waals surface area (Å²) in [5.74, 6) is 0.628. The van der Waals surface area contributed by atoms with Crippen molar-refractivity contribution in [1.29, 1.82) is 0 Å². The van der Waals surface area contributed by atoms with Crippen LogP contribution in [0.2, 0.25) is 0 Å². The fraction of sp³-hybridized carbons (Fsp3) is 0.538. The quantitative estimate of drug-likeness (QED) is 0.732. The molecule has 1 fully saturated rings. The monoisotopic (exact) mass is 260 g/mol. The molecule has 0 saturated carbocycles. The van der Waals surface area contributed by atoms with Crippen molar-refractivity contribution in [1.82, 2.24) is 9.97 Å². The second-order valence-electron chi connectivity index (χ2n) is 5.90. The largest absolute Gasteiger partial charge is 0.514 e. The summed E-state index contributed by atoms with van der Waals surface area (Å²) in [4.78, 5) is 8.59. The van der Waals surface area contributed by atoms with Crippen LogP contribution in [0.5, 0.6) is 0 Å². The number of hydrogen-bond donors (Lipinski definition) is 0. The van der Waals surface area contributed by atoms with Gasteiger partial charge in [-0.05, 0) is 27.7 Å². The van der Waals surface area contributed by atoms with Gasteiger partial charge in [0.1, 0.15) is 5.52 Å². The highest BCUT2D eigenvalue weighted by Gasteiger charge is 2.52. The van der Waals surface area contributed by atoms with E-state index < -0.39 is 7.12 Å². The topological polar surface area (TPSA) is 57.4 Å². The average Bonchev–Trinajstić information content (AvgIpc) is 2.74. The van der Waals surface area contributed by atoms with E-state index in [4.69, 9.17) is 13.7 Å². The lowest BCUT2D eigenvalue weighted by atomic mass is 9.84. The van der Waals surface area contributed by atoms with Crippen LogP contribution in [0.15, 0.2) is 16.7 Å². The van der Waals surface area contributed by atoms with Crippen LogP contribution in [-0.4, -0.2) is 28.3 Å². The van der Waals surface area contributed by atoms with Gasteiger partial charge in [0, 0.05) is 13.0 Å². The third-order valence-corrected chi connectivity index (χ3v) is 3.90. The van der Waals surface area contributed by atoms with Crippen LogP contribution < -0.4 is 5.59 Å². The van der Waals surface area contributed by atoms with Crippen LogP contribution in [0.3, 0.4) is 0 Å². The van der Waals surface area contributed by atoms with Crippen LogP contribution in [0, 0.1) is 6.92 Å². The summed E-state index contributed by atoms with van der Waals surface area (Å²) in [6.45, 7) is 9.89. The number of nitrogens with zero attached hydrogens (tertiary/aromatic N) is 2. The van der Waals surface area contributed by atoms with Crippen molar-refractivity contribution in [3.05, 3.63) is 18.2 Å². The van der Waals surface area contributed by atoms with E-state index in [1.165, 1.54) is 0 Å². The van der Waals surface area contributed by atoms with E-state index in [1.54, 1.807) is 6.20 Å². The maximum atomic E-state index is 5.96. The Kier molecular flexibility index (Phi) is 2.53. The maximum Gasteiger partial charge on any atom is 0.514 e. The van der Waals surface area contributed by atoms with Gasteiger partial charge in [-0.2, -0.15) is 0 Å². The number of pyridine rings is 1. The standard InChI is InChI=1S/C13H17BN2O3/c1-8-16-9-7-15-11(6-10(9)17-8)14-18-12(2,3)13(4,5)19-14/h6-7H,1-5H3. The van der Waals surface area contributed by atoms with Crippen molar-refractivity contribution >= 4 is 23.8 Å². The minimum atomic E-state index is -0.472. The molecule has 3 heterocycles. The third-order valence-electron chi connectivity index (χ3n) is 3.90. The van der Waals surface area contributed by atoms with Crippen molar-refractivity contribution in [3.8, 4) is 0 Å². The van der Waals surface area contributed by atoms with E-state index in [0.717, 1.165) is 5.52 Å². The Morgan fingerprint density at radius 2 is 1.74 bits per heavy atom. The molecular formula is C13H17BN2O3. The van der Waals surface area contributed by atoms with E-state index in [1.807, 2.05) is 40.7 Å². The van der Waals surface area contributed by atoms with Gasteiger partial charge < -0.3 is 13.7 Å². The molecule has 100 valence electrons. The third kappa shape index (κ3) is 1.95. The molecule has 0 amide bonds. The molecule has 2 aromatic heterocycles. The minimum Gasteiger partial charge on any atom is -0.441 e. The lowest BCUT2D eigenvalue weighted by Gasteiger charge is -2.32. The predicted octanol–water partition coefficient (Wildman–Crippen LogP) is 1.83. The first-order chi connectivity index (χ1) is 8.78. The summed E-state index contributed by atoms with van der Waals surface area (Å²) < 4.78 is 17.4. The molecule has 6 heteroatoms. The molecule has 3 rings (SSSR count). The molecule has 1 saturated heterocycles. The lowest BCUT2D eigenvalue weighted by Crippen LogP contribution is -2.41. The molecule has 0 N–H and O–H groups in total. The Labute approximate surface area is 112 Å². The smallest absolute Gasteiger partial charge is 0.441 e. The average molecular weight is 260 g/mol. The Balaban J connectivity index is 1.97. The van der Waals surface area contributed by atoms with Gasteiger partial charge >= 0.3 is 7.12 Å². The second kappa shape index (κ2) is 3.80. The zero-order valence-corrected chi connectivity index (χ0v) is 11.9. The number of rotatable bonds is 1. The highest BCUT2D eigenvalue weighted by Crippen LogP contribution is 2.36. The van der Waals surface area contributed by atoms with Crippen molar-refractivity contribution in [2.75, 3.05) is 0 Å². The molecule has 0 spiro atoms. The molecule has 1 aliphatic rings. The van der Waals surface area contributed by atoms with Gasteiger partial charge in [-0.1, -0.05) is 0 Å². The van der Waals surface area contributed by atoms with Crippen molar-refractivity contribution in [3.63, 3.8) is 0 Å². The van der Waals surface area contributed by atoms with E-state index in [-0.39, 0.29) is 11.2 Å². The van der Waals surface area contributed by atoms with Gasteiger partial charge in [0.15, 0.2) is 11.5 Å². The Hall–Kier alpha value is -1.40. The summed E-state index contributed by atoms with van der Waals surface area (Å²) in [6.07, 6.45) is 1.69. The predicted molar refractivity (Wildman–Crippen MR) is 72.3 cm³/mol. The molecule has 0 atom stereocenters. The maximum absolute atomic E-state index is 5.96. The Morgan fingerprint density at radius 1 is 1.11 bits per heavy atom. The van der Waals surface area contributed by atoms with Crippen LogP contribution >= 0.6 is 0 Å². The molecule has 0 aliphatic carbocycles. The van der Waals surface area contributed by atoms with Gasteiger partial charge in [-0.3, -0.25) is 4.98 Å². The summed E-state index contributed by atoms with van der Waals surface area (Å²) >= 11 is 0. The highest BCUT2D eigenvalue weighted by atomic mass is 16.7. The lowest BCUT2D eigenvalue weighted by molar-refractivity contribution is 0.00578. The molecule has 0 aromatic carbocycles. The molecule has 19 heavy (non-hydrogen) atoms. The number of oxazole rings is 1. The second-order valence-corrected chi connectivity index (χ2v) is 5.90. The fourth-order valence-electron chi connectivity index (χ4n) is 2.05. The first kappa shape index (κ1) is 12.6. The first-order valence-corrected chi connectivity index (χ1v) is 6.37. The molecule has 0 radical (unpaired) electrons. The van der Waals surface area contributed by atoms with E-state index in [0.29, 0.717) is 17.1 Å². The number of aryl methyl sites for hydroxylation is 1. The molecule has 0 unspecified atom stereocenters. The summed E-state index contributed by atoms with van der Waals surface area (Å²) in [7, 11) is -0.472.